The van der Waals surface area contributed by atoms with E-state index in [4.69, 9.17) is 4.74 Å². The number of methoxy groups -OCH3 is 1. The van der Waals surface area contributed by atoms with Crippen LogP contribution >= 0.6 is 0 Å². The lowest BCUT2D eigenvalue weighted by molar-refractivity contribution is 0.194. The number of hydrogen-bond acceptors (Lipinski definition) is 4. The first-order valence-electron chi connectivity index (χ1n) is 9.38. The first-order chi connectivity index (χ1) is 12.6. The molecule has 0 fully saturated rings. The summed E-state index contributed by atoms with van der Waals surface area (Å²) in [4.78, 5) is 2.37. The number of ether oxygens (including phenoxy) is 1. The molecule has 0 aliphatic carbocycles. The van der Waals surface area contributed by atoms with E-state index in [9.17, 15) is 10.2 Å². The number of aliphatic hydroxyl groups excluding tert-OH is 1. The van der Waals surface area contributed by atoms with Crippen LogP contribution in [0, 0.1) is 0 Å². The number of benzene rings is 2. The summed E-state index contributed by atoms with van der Waals surface area (Å²) in [6.07, 6.45) is 1.63. The largest absolute Gasteiger partial charge is 0.508 e. The Hall–Kier alpha value is -2.04. The Labute approximate surface area is 157 Å². The van der Waals surface area contributed by atoms with Crippen LogP contribution in [0.3, 0.4) is 0 Å². The molecule has 1 atom stereocenters. The third-order valence-corrected chi connectivity index (χ3v) is 5.28. The minimum absolute atomic E-state index is 0.0941. The first-order valence-corrected chi connectivity index (χ1v) is 9.38. The summed E-state index contributed by atoms with van der Waals surface area (Å²) in [5, 5.41) is 21.1. The first kappa shape index (κ1) is 20.3. The van der Waals surface area contributed by atoms with Gasteiger partial charge in [-0.25, -0.2) is 0 Å². The normalized spacial score (nSPS) is 13.6. The highest BCUT2D eigenvalue weighted by molar-refractivity contribution is 5.51. The Balaban J connectivity index is 2.48. The molecule has 0 aliphatic rings. The third kappa shape index (κ3) is 4.19. The zero-order chi connectivity index (χ0) is 19.0. The van der Waals surface area contributed by atoms with E-state index in [1.54, 1.807) is 19.2 Å². The second kappa shape index (κ2) is 9.60. The van der Waals surface area contributed by atoms with Gasteiger partial charge in [-0.1, -0.05) is 50.2 Å². The number of phenolic OH excluding ortho intramolecular Hbond substituents is 1. The lowest BCUT2D eigenvalue weighted by Gasteiger charge is -2.35. The van der Waals surface area contributed by atoms with Crippen molar-refractivity contribution in [2.24, 2.45) is 0 Å². The molecule has 1 unspecified atom stereocenters. The average Bonchev–Trinajstić information content (AvgIpc) is 2.69. The van der Waals surface area contributed by atoms with Crippen molar-refractivity contribution >= 4 is 0 Å². The summed E-state index contributed by atoms with van der Waals surface area (Å²) in [6.45, 7) is 7.19. The average molecular weight is 357 g/mol. The molecule has 4 nitrogen and oxygen atoms in total. The summed E-state index contributed by atoms with van der Waals surface area (Å²) in [6, 6.07) is 15.0. The number of nitrogens with zero attached hydrogens (tertiary/aromatic N) is 1. The van der Waals surface area contributed by atoms with Gasteiger partial charge in [0.25, 0.3) is 0 Å². The number of rotatable bonds is 10. The number of aromatic hydroxyl groups is 1. The standard InChI is InChI=1S/C22H31NO3/c1-4-23(5-2)16-10-15-22(17-24,18-11-6-8-13-20(18)25)19-12-7-9-14-21(19)26-3/h6-9,11-14,24-25H,4-5,10,15-17H2,1-3H3. The van der Waals surface area contributed by atoms with Crippen molar-refractivity contribution in [1.82, 2.24) is 4.90 Å². The molecule has 0 saturated heterocycles. The molecule has 0 aromatic heterocycles. The molecule has 2 aromatic rings. The highest BCUT2D eigenvalue weighted by Gasteiger charge is 2.37. The van der Waals surface area contributed by atoms with Crippen LogP contribution in [0.1, 0.15) is 37.8 Å². The van der Waals surface area contributed by atoms with Gasteiger partial charge in [-0.3, -0.25) is 0 Å². The van der Waals surface area contributed by atoms with Crippen molar-refractivity contribution in [3.63, 3.8) is 0 Å². The molecule has 26 heavy (non-hydrogen) atoms. The molecule has 0 spiro atoms. The fraction of sp³-hybridized carbons (Fsp3) is 0.455. The second-order valence-corrected chi connectivity index (χ2v) is 6.59. The molecule has 142 valence electrons. The molecular weight excluding hydrogens is 326 g/mol. The van der Waals surface area contributed by atoms with Gasteiger partial charge in [-0.15, -0.1) is 0 Å². The van der Waals surface area contributed by atoms with Gasteiger partial charge in [0.2, 0.25) is 0 Å². The molecule has 2 N–H and O–H groups in total. The highest BCUT2D eigenvalue weighted by atomic mass is 16.5. The van der Waals surface area contributed by atoms with Crippen LogP contribution < -0.4 is 4.74 Å². The van der Waals surface area contributed by atoms with Crippen molar-refractivity contribution in [3.8, 4) is 11.5 Å². The Morgan fingerprint density at radius 3 is 2.15 bits per heavy atom. The minimum atomic E-state index is -0.703. The maximum absolute atomic E-state index is 10.5. The molecule has 2 aromatic carbocycles. The smallest absolute Gasteiger partial charge is 0.123 e. The number of hydrogen-bond donors (Lipinski definition) is 2. The van der Waals surface area contributed by atoms with Crippen molar-refractivity contribution in [1.29, 1.82) is 0 Å². The van der Waals surface area contributed by atoms with Crippen LogP contribution in [0.15, 0.2) is 48.5 Å². The molecule has 2 rings (SSSR count). The summed E-state index contributed by atoms with van der Waals surface area (Å²) in [5.74, 6) is 0.933. The Morgan fingerprint density at radius 1 is 0.962 bits per heavy atom. The Morgan fingerprint density at radius 2 is 1.58 bits per heavy atom. The van der Waals surface area contributed by atoms with E-state index < -0.39 is 5.41 Å². The van der Waals surface area contributed by atoms with E-state index in [1.165, 1.54) is 0 Å². The summed E-state index contributed by atoms with van der Waals surface area (Å²) >= 11 is 0. The minimum Gasteiger partial charge on any atom is -0.508 e. The van der Waals surface area contributed by atoms with Crippen LogP contribution in [-0.4, -0.2) is 48.5 Å². The van der Waals surface area contributed by atoms with Crippen LogP contribution in [0.25, 0.3) is 0 Å². The SMILES string of the molecule is CCN(CC)CCCC(CO)(c1ccccc1O)c1ccccc1OC. The van der Waals surface area contributed by atoms with E-state index in [2.05, 4.69) is 18.7 Å². The fourth-order valence-electron chi connectivity index (χ4n) is 3.73. The molecule has 0 amide bonds. The van der Waals surface area contributed by atoms with Gasteiger partial charge >= 0.3 is 0 Å². The Bertz CT molecular complexity index is 685. The van der Waals surface area contributed by atoms with E-state index in [0.717, 1.165) is 49.4 Å². The lowest BCUT2D eigenvalue weighted by atomic mass is 9.71. The van der Waals surface area contributed by atoms with Crippen LogP contribution in [0.2, 0.25) is 0 Å². The summed E-state index contributed by atoms with van der Waals surface area (Å²) < 4.78 is 5.58. The Kier molecular flexibility index (Phi) is 7.49. The summed E-state index contributed by atoms with van der Waals surface area (Å²) in [7, 11) is 1.64. The topological polar surface area (TPSA) is 52.9 Å². The molecule has 0 radical (unpaired) electrons. The highest BCUT2D eigenvalue weighted by Crippen LogP contribution is 2.44. The van der Waals surface area contributed by atoms with Crippen LogP contribution in [0.5, 0.6) is 11.5 Å². The maximum atomic E-state index is 10.5. The molecule has 0 bridgehead atoms. The van der Waals surface area contributed by atoms with Crippen molar-refractivity contribution in [2.75, 3.05) is 33.4 Å². The predicted molar refractivity (Wildman–Crippen MR) is 106 cm³/mol. The van der Waals surface area contributed by atoms with Crippen molar-refractivity contribution in [3.05, 3.63) is 59.7 Å². The van der Waals surface area contributed by atoms with Gasteiger partial charge in [-0.05, 0) is 44.6 Å². The van der Waals surface area contributed by atoms with Crippen molar-refractivity contribution < 1.29 is 14.9 Å². The predicted octanol–water partition coefficient (Wildman–Crippen LogP) is 3.80. The zero-order valence-electron chi connectivity index (χ0n) is 16.1. The van der Waals surface area contributed by atoms with Crippen molar-refractivity contribution in [2.45, 2.75) is 32.1 Å². The molecule has 0 saturated carbocycles. The molecule has 4 heteroatoms. The molecule has 0 aliphatic heterocycles. The van der Waals surface area contributed by atoms with Crippen LogP contribution in [0.4, 0.5) is 0 Å². The number of phenols is 1. The van der Waals surface area contributed by atoms with E-state index >= 15 is 0 Å². The van der Waals surface area contributed by atoms with Gasteiger partial charge in [0.1, 0.15) is 11.5 Å². The van der Waals surface area contributed by atoms with Gasteiger partial charge in [0.05, 0.1) is 19.1 Å². The lowest BCUT2D eigenvalue weighted by Crippen LogP contribution is -2.34. The van der Waals surface area contributed by atoms with Crippen LogP contribution in [-0.2, 0) is 5.41 Å². The van der Waals surface area contributed by atoms with Gasteiger partial charge in [0, 0.05) is 11.1 Å². The second-order valence-electron chi connectivity index (χ2n) is 6.59. The van der Waals surface area contributed by atoms with Gasteiger partial charge in [0.15, 0.2) is 0 Å². The van der Waals surface area contributed by atoms with E-state index in [1.807, 2.05) is 36.4 Å². The zero-order valence-corrected chi connectivity index (χ0v) is 16.1. The van der Waals surface area contributed by atoms with Gasteiger partial charge in [-0.2, -0.15) is 0 Å². The van der Waals surface area contributed by atoms with E-state index in [-0.39, 0.29) is 12.4 Å². The third-order valence-electron chi connectivity index (χ3n) is 5.28. The quantitative estimate of drug-likeness (QED) is 0.679. The fourth-order valence-corrected chi connectivity index (χ4v) is 3.73. The maximum Gasteiger partial charge on any atom is 0.123 e. The number of aliphatic hydroxyl groups is 1. The summed E-state index contributed by atoms with van der Waals surface area (Å²) in [5.41, 5.74) is 0.947. The van der Waals surface area contributed by atoms with Gasteiger partial charge < -0.3 is 19.8 Å². The van der Waals surface area contributed by atoms with E-state index in [0.29, 0.717) is 0 Å². The number of para-hydroxylation sites is 2. The monoisotopic (exact) mass is 357 g/mol. The molecule has 0 heterocycles. The molecular formula is C22H31NO3.